The van der Waals surface area contributed by atoms with Crippen LogP contribution >= 0.6 is 11.6 Å². The molecule has 0 saturated heterocycles. The third-order valence-corrected chi connectivity index (χ3v) is 7.00. The molecule has 1 aliphatic heterocycles. The Hall–Kier alpha value is -4.11. The van der Waals surface area contributed by atoms with Crippen molar-refractivity contribution in [1.82, 2.24) is 20.3 Å². The Bertz CT molecular complexity index is 1500. The van der Waals surface area contributed by atoms with Crippen molar-refractivity contribution in [3.05, 3.63) is 77.3 Å². The smallest absolute Gasteiger partial charge is 0.249 e. The van der Waals surface area contributed by atoms with Crippen LogP contribution in [0.2, 0.25) is 5.02 Å². The molecule has 1 N–H and O–H groups in total. The van der Waals surface area contributed by atoms with Crippen molar-refractivity contribution in [2.75, 3.05) is 11.7 Å². The Morgan fingerprint density at radius 2 is 1.82 bits per heavy atom. The number of carbonyl (C=O) groups excluding carboxylic acids is 2. The van der Waals surface area contributed by atoms with Crippen LogP contribution in [0.3, 0.4) is 0 Å². The summed E-state index contributed by atoms with van der Waals surface area (Å²) in [5.41, 5.74) is 1.81. The number of nitrogens with one attached hydrogen (secondary N) is 1. The fraction of sp³-hybridized carbons (Fsp3) is 0.286. The maximum Gasteiger partial charge on any atom is 0.249 e. The van der Waals surface area contributed by atoms with Gasteiger partial charge in [-0.25, -0.2) is 4.68 Å². The molecule has 2 amide bonds. The van der Waals surface area contributed by atoms with Crippen LogP contribution in [0, 0.1) is 0 Å². The Labute approximate surface area is 225 Å². The molecule has 196 valence electrons. The summed E-state index contributed by atoms with van der Waals surface area (Å²) < 4.78 is 12.6. The molecule has 3 aromatic carbocycles. The average Bonchev–Trinajstić information content (AvgIpc) is 3.54. The van der Waals surface area contributed by atoms with Crippen LogP contribution < -0.4 is 19.7 Å². The molecule has 0 bridgehead atoms. The summed E-state index contributed by atoms with van der Waals surface area (Å²) in [4.78, 5) is 29.6. The van der Waals surface area contributed by atoms with Crippen molar-refractivity contribution in [2.45, 2.75) is 45.3 Å². The zero-order valence-corrected chi connectivity index (χ0v) is 22.1. The van der Waals surface area contributed by atoms with Gasteiger partial charge in [0.15, 0.2) is 11.5 Å². The molecule has 0 fully saturated rings. The van der Waals surface area contributed by atoms with Crippen molar-refractivity contribution in [2.24, 2.45) is 0 Å². The van der Waals surface area contributed by atoms with Gasteiger partial charge < -0.3 is 14.8 Å². The predicted molar refractivity (Wildman–Crippen MR) is 144 cm³/mol. The first-order chi connectivity index (χ1) is 18.3. The molecule has 0 unspecified atom stereocenters. The van der Waals surface area contributed by atoms with E-state index >= 15 is 0 Å². The second kappa shape index (κ2) is 10.3. The summed E-state index contributed by atoms with van der Waals surface area (Å²) in [5, 5.41) is 11.8. The number of hydrogen-bond donors (Lipinski definition) is 1. The number of ether oxygens (including phenoxy) is 2. The quantitative estimate of drug-likeness (QED) is 0.346. The molecule has 0 spiro atoms. The molecule has 2 heterocycles. The number of hydrogen-bond acceptors (Lipinski definition) is 6. The summed E-state index contributed by atoms with van der Waals surface area (Å²) in [5.74, 6) is 0.307. The van der Waals surface area contributed by atoms with Gasteiger partial charge in [-0.3, -0.25) is 14.5 Å². The molecule has 0 aliphatic carbocycles. The van der Waals surface area contributed by atoms with Gasteiger partial charge in [0.2, 0.25) is 18.6 Å². The Morgan fingerprint density at radius 3 is 2.61 bits per heavy atom. The minimum absolute atomic E-state index is 0.0802. The maximum absolute atomic E-state index is 14.2. The largest absolute Gasteiger partial charge is 0.454 e. The van der Waals surface area contributed by atoms with Gasteiger partial charge in [-0.2, -0.15) is 0 Å². The molecule has 1 atom stereocenters. The second-order valence-corrected chi connectivity index (χ2v) is 10.1. The minimum atomic E-state index is -1.07. The Balaban J connectivity index is 1.63. The lowest BCUT2D eigenvalue weighted by Crippen LogP contribution is -2.51. The highest BCUT2D eigenvalue weighted by molar-refractivity contribution is 6.31. The van der Waals surface area contributed by atoms with Crippen molar-refractivity contribution < 1.29 is 19.1 Å². The van der Waals surface area contributed by atoms with Gasteiger partial charge in [-0.05, 0) is 50.6 Å². The van der Waals surface area contributed by atoms with Crippen LogP contribution in [0.15, 0.2) is 66.7 Å². The van der Waals surface area contributed by atoms with Crippen LogP contribution in [-0.2, 0) is 16.1 Å². The lowest BCUT2D eigenvalue weighted by molar-refractivity contribution is -0.128. The molecule has 10 heteroatoms. The molecule has 38 heavy (non-hydrogen) atoms. The minimum Gasteiger partial charge on any atom is -0.454 e. The molecule has 9 nitrogen and oxygen atoms in total. The van der Waals surface area contributed by atoms with Crippen molar-refractivity contribution >= 4 is 40.1 Å². The topological polar surface area (TPSA) is 98.6 Å². The van der Waals surface area contributed by atoms with Gasteiger partial charge in [0.25, 0.3) is 0 Å². The van der Waals surface area contributed by atoms with Gasteiger partial charge in [-0.15, -0.1) is 5.10 Å². The summed E-state index contributed by atoms with van der Waals surface area (Å²) in [7, 11) is 0. The van der Waals surface area contributed by atoms with E-state index in [0.717, 1.165) is 0 Å². The van der Waals surface area contributed by atoms with Crippen molar-refractivity contribution in [3.63, 3.8) is 0 Å². The summed E-state index contributed by atoms with van der Waals surface area (Å²) >= 11 is 6.63. The van der Waals surface area contributed by atoms with E-state index in [1.807, 2.05) is 45.0 Å². The number of nitrogens with zero attached hydrogens (tertiary/aromatic N) is 4. The molecular formula is C28H28ClN5O4. The summed E-state index contributed by atoms with van der Waals surface area (Å²) in [6.45, 7) is 5.78. The maximum atomic E-state index is 14.2. The second-order valence-electron chi connectivity index (χ2n) is 9.69. The number of benzene rings is 3. The first kappa shape index (κ1) is 25.5. The van der Waals surface area contributed by atoms with Crippen LogP contribution in [0.5, 0.6) is 11.5 Å². The van der Waals surface area contributed by atoms with Crippen LogP contribution in [0.25, 0.3) is 11.0 Å². The van der Waals surface area contributed by atoms with Crippen molar-refractivity contribution in [3.8, 4) is 11.5 Å². The fourth-order valence-corrected chi connectivity index (χ4v) is 4.53. The number of rotatable bonds is 8. The number of para-hydroxylation sites is 1. The molecular weight excluding hydrogens is 506 g/mol. The van der Waals surface area contributed by atoms with Crippen molar-refractivity contribution in [1.29, 1.82) is 0 Å². The lowest BCUT2D eigenvalue weighted by atomic mass is 9.98. The van der Waals surface area contributed by atoms with Crippen LogP contribution in [0.1, 0.15) is 38.8 Å². The predicted octanol–water partition coefficient (Wildman–Crippen LogP) is 4.89. The number of fused-ring (bicyclic) bond motifs is 2. The zero-order valence-electron chi connectivity index (χ0n) is 21.3. The SMILES string of the molecule is CCC(C)(C)NC(=O)[C@H](c1ccccc1Cl)N(C(=O)Cn1nnc2ccccc21)c1ccc2c(c1)OCO2. The van der Waals surface area contributed by atoms with Crippen LogP contribution in [-0.4, -0.2) is 39.1 Å². The molecule has 1 aliphatic rings. The third kappa shape index (κ3) is 5.02. The van der Waals surface area contributed by atoms with E-state index in [0.29, 0.717) is 45.2 Å². The van der Waals surface area contributed by atoms with E-state index in [4.69, 9.17) is 21.1 Å². The summed E-state index contributed by atoms with van der Waals surface area (Å²) in [6, 6.07) is 18.5. The fourth-order valence-electron chi connectivity index (χ4n) is 4.30. The first-order valence-electron chi connectivity index (χ1n) is 12.3. The van der Waals surface area contributed by atoms with Gasteiger partial charge in [0.1, 0.15) is 18.1 Å². The molecule has 4 aromatic rings. The zero-order chi connectivity index (χ0) is 26.9. The monoisotopic (exact) mass is 533 g/mol. The van der Waals surface area contributed by atoms with E-state index in [1.165, 1.54) is 9.58 Å². The van der Waals surface area contributed by atoms with E-state index < -0.39 is 11.6 Å². The Kier molecular flexibility index (Phi) is 6.94. The lowest BCUT2D eigenvalue weighted by Gasteiger charge is -2.35. The summed E-state index contributed by atoms with van der Waals surface area (Å²) in [6.07, 6.45) is 0.691. The number of carbonyl (C=O) groups is 2. The van der Waals surface area contributed by atoms with E-state index in [9.17, 15) is 9.59 Å². The number of aromatic nitrogens is 3. The number of anilines is 1. The first-order valence-corrected chi connectivity index (χ1v) is 12.7. The highest BCUT2D eigenvalue weighted by Gasteiger charge is 2.37. The van der Waals surface area contributed by atoms with Crippen LogP contribution in [0.4, 0.5) is 5.69 Å². The van der Waals surface area contributed by atoms with Gasteiger partial charge in [0.05, 0.1) is 5.52 Å². The molecule has 0 saturated carbocycles. The van der Waals surface area contributed by atoms with E-state index in [2.05, 4.69) is 15.6 Å². The van der Waals surface area contributed by atoms with E-state index in [1.54, 1.807) is 42.5 Å². The third-order valence-electron chi connectivity index (χ3n) is 6.66. The van der Waals surface area contributed by atoms with Gasteiger partial charge in [0, 0.05) is 27.9 Å². The number of halogens is 1. The van der Waals surface area contributed by atoms with Gasteiger partial charge in [-0.1, -0.05) is 54.1 Å². The molecule has 5 rings (SSSR count). The molecule has 0 radical (unpaired) electrons. The normalized spacial score (nSPS) is 13.4. The van der Waals surface area contributed by atoms with E-state index in [-0.39, 0.29) is 25.2 Å². The Morgan fingerprint density at radius 1 is 1.08 bits per heavy atom. The highest BCUT2D eigenvalue weighted by atomic mass is 35.5. The number of amides is 2. The van der Waals surface area contributed by atoms with Gasteiger partial charge >= 0.3 is 0 Å². The standard InChI is InChI=1S/C28H28ClN5O4/c1-4-28(2,3)30-27(36)26(19-9-5-6-10-20(19)29)34(18-13-14-23-24(15-18)38-17-37-23)25(35)16-33-22-12-8-7-11-21(22)31-32-33/h5-15,26H,4,16-17H2,1-3H3,(H,30,36)/t26-/m0/s1. The molecule has 1 aromatic heterocycles. The average molecular weight is 534 g/mol. The highest BCUT2D eigenvalue weighted by Crippen LogP contribution is 2.39.